The molecule has 1 N–H and O–H groups in total. The Bertz CT molecular complexity index is 1230. The van der Waals surface area contributed by atoms with Crippen LogP contribution in [0.1, 0.15) is 5.56 Å². The number of benzene rings is 2. The van der Waals surface area contributed by atoms with Gasteiger partial charge in [-0.15, -0.1) is 0 Å². The van der Waals surface area contributed by atoms with Crippen LogP contribution < -0.4 is 4.74 Å². The Morgan fingerprint density at radius 3 is 1.77 bits per heavy atom. The summed E-state index contributed by atoms with van der Waals surface area (Å²) in [5, 5.41) is 0.381. The van der Waals surface area contributed by atoms with Gasteiger partial charge in [0, 0.05) is 16.5 Å². The van der Waals surface area contributed by atoms with Gasteiger partial charge in [0.05, 0.1) is 41.2 Å². The van der Waals surface area contributed by atoms with Crippen molar-refractivity contribution < 1.29 is 42.9 Å². The van der Waals surface area contributed by atoms with Crippen molar-refractivity contribution in [2.75, 3.05) is 35.5 Å². The van der Waals surface area contributed by atoms with E-state index < -0.39 is 35.2 Å². The van der Waals surface area contributed by atoms with Gasteiger partial charge in [0.15, 0.2) is 5.92 Å². The summed E-state index contributed by atoms with van der Waals surface area (Å²) in [6, 6.07) is 13.5. The Kier molecular flexibility index (Phi) is 7.43. The Morgan fingerprint density at radius 2 is 1.29 bits per heavy atom. The highest BCUT2D eigenvalue weighted by Gasteiger charge is 2.65. The number of hydrogen-bond acceptors (Lipinski definition) is 9. The number of methoxy groups -OCH3 is 5. The Labute approximate surface area is 201 Å². The van der Waals surface area contributed by atoms with Crippen LogP contribution in [-0.4, -0.2) is 64.4 Å². The molecule has 184 valence electrons. The molecule has 1 aromatic heterocycles. The number of ether oxygens (including phenoxy) is 5. The number of aromatic nitrogens is 1. The number of esters is 4. The summed E-state index contributed by atoms with van der Waals surface area (Å²) >= 11 is 0. The minimum atomic E-state index is -2.61. The monoisotopic (exact) mass is 483 g/mol. The summed E-state index contributed by atoms with van der Waals surface area (Å²) in [4.78, 5) is 56.3. The number of para-hydroxylation sites is 1. The number of carbonyl (C=O) groups excluding carboxylic acids is 4. The van der Waals surface area contributed by atoms with Crippen LogP contribution in [0, 0.1) is 5.92 Å². The highest BCUT2D eigenvalue weighted by Crippen LogP contribution is 2.46. The third-order valence-corrected chi connectivity index (χ3v) is 5.80. The van der Waals surface area contributed by atoms with E-state index in [2.05, 4.69) is 4.98 Å². The quantitative estimate of drug-likeness (QED) is 0.291. The highest BCUT2D eigenvalue weighted by atomic mass is 16.6. The second-order valence-corrected chi connectivity index (χ2v) is 7.42. The number of hydrogen-bond donors (Lipinski definition) is 1. The summed E-state index contributed by atoms with van der Waals surface area (Å²) in [6.07, 6.45) is 0. The van der Waals surface area contributed by atoms with Crippen molar-refractivity contribution in [3.05, 3.63) is 54.1 Å². The number of carbonyl (C=O) groups is 4. The standard InChI is InChI=1S/C25H25NO9/c1-31-15-12-10-14(11-13-15)20-18(16-8-6-7-9-17(16)26-20)25(23(29)34-4,24(30)35-5)19(21(27)32-2)22(28)33-3/h6-13,19,26H,1-5H3. The Morgan fingerprint density at radius 1 is 0.743 bits per heavy atom. The molecule has 0 bridgehead atoms. The largest absolute Gasteiger partial charge is 0.497 e. The average Bonchev–Trinajstić information content (AvgIpc) is 3.29. The van der Waals surface area contributed by atoms with Crippen molar-refractivity contribution in [3.63, 3.8) is 0 Å². The molecule has 0 unspecified atom stereocenters. The summed E-state index contributed by atoms with van der Waals surface area (Å²) < 4.78 is 24.9. The van der Waals surface area contributed by atoms with E-state index in [0.29, 0.717) is 22.2 Å². The zero-order valence-corrected chi connectivity index (χ0v) is 19.9. The fourth-order valence-electron chi connectivity index (χ4n) is 4.20. The smallest absolute Gasteiger partial charge is 0.329 e. The average molecular weight is 483 g/mol. The first kappa shape index (κ1) is 25.3. The molecule has 3 rings (SSSR count). The predicted octanol–water partition coefficient (Wildman–Crippen LogP) is 2.39. The lowest BCUT2D eigenvalue weighted by molar-refractivity contribution is -0.179. The molecule has 0 aliphatic heterocycles. The molecule has 0 radical (unpaired) electrons. The third-order valence-electron chi connectivity index (χ3n) is 5.80. The molecule has 0 saturated carbocycles. The molecule has 0 spiro atoms. The normalized spacial score (nSPS) is 11.1. The van der Waals surface area contributed by atoms with Crippen LogP contribution in [0.2, 0.25) is 0 Å². The maximum absolute atomic E-state index is 13.6. The fourth-order valence-corrected chi connectivity index (χ4v) is 4.20. The molecular formula is C25H25NO9. The molecule has 10 heteroatoms. The second-order valence-electron chi connectivity index (χ2n) is 7.42. The van der Waals surface area contributed by atoms with Crippen molar-refractivity contribution in [3.8, 4) is 17.0 Å². The van der Waals surface area contributed by atoms with Crippen LogP contribution in [0.5, 0.6) is 5.75 Å². The van der Waals surface area contributed by atoms with Gasteiger partial charge < -0.3 is 28.7 Å². The van der Waals surface area contributed by atoms with Gasteiger partial charge in [-0.3, -0.25) is 19.2 Å². The number of rotatable bonds is 8. The van der Waals surface area contributed by atoms with Gasteiger partial charge in [-0.25, -0.2) is 0 Å². The van der Waals surface area contributed by atoms with E-state index in [1.165, 1.54) is 7.11 Å². The number of fused-ring (bicyclic) bond motifs is 1. The molecule has 0 amide bonds. The van der Waals surface area contributed by atoms with E-state index in [-0.39, 0.29) is 11.3 Å². The summed E-state index contributed by atoms with van der Waals surface area (Å²) in [7, 11) is 5.63. The van der Waals surface area contributed by atoms with Crippen molar-refractivity contribution >= 4 is 34.8 Å². The lowest BCUT2D eigenvalue weighted by atomic mass is 9.68. The summed E-state index contributed by atoms with van der Waals surface area (Å²) in [5.41, 5.74) is -1.28. The lowest BCUT2D eigenvalue weighted by Gasteiger charge is -2.33. The minimum absolute atomic E-state index is 0.00207. The van der Waals surface area contributed by atoms with Crippen molar-refractivity contribution in [2.45, 2.75) is 5.41 Å². The minimum Gasteiger partial charge on any atom is -0.497 e. The van der Waals surface area contributed by atoms with E-state index in [1.807, 2.05) is 0 Å². The lowest BCUT2D eigenvalue weighted by Crippen LogP contribution is -2.57. The highest BCUT2D eigenvalue weighted by molar-refractivity contribution is 6.19. The van der Waals surface area contributed by atoms with Crippen molar-refractivity contribution in [2.24, 2.45) is 5.92 Å². The number of nitrogens with one attached hydrogen (secondary N) is 1. The summed E-state index contributed by atoms with van der Waals surface area (Å²) in [5.74, 6) is -6.28. The maximum Gasteiger partial charge on any atom is 0.329 e. The molecule has 0 atom stereocenters. The van der Waals surface area contributed by atoms with Crippen LogP contribution in [0.15, 0.2) is 48.5 Å². The van der Waals surface area contributed by atoms with Gasteiger partial charge in [-0.05, 0) is 35.9 Å². The Hall–Kier alpha value is -4.34. The maximum atomic E-state index is 13.6. The first-order valence-electron chi connectivity index (χ1n) is 10.4. The van der Waals surface area contributed by atoms with Crippen LogP contribution in [0.25, 0.3) is 22.2 Å². The van der Waals surface area contributed by atoms with Crippen molar-refractivity contribution in [1.29, 1.82) is 0 Å². The molecular weight excluding hydrogens is 458 g/mol. The molecule has 2 aromatic carbocycles. The van der Waals surface area contributed by atoms with Crippen LogP contribution in [0.3, 0.4) is 0 Å². The molecule has 0 saturated heterocycles. The Balaban J connectivity index is 2.56. The molecule has 0 aliphatic carbocycles. The van der Waals surface area contributed by atoms with E-state index in [9.17, 15) is 19.2 Å². The van der Waals surface area contributed by atoms with E-state index in [0.717, 1.165) is 28.4 Å². The summed E-state index contributed by atoms with van der Waals surface area (Å²) in [6.45, 7) is 0. The van der Waals surface area contributed by atoms with E-state index >= 15 is 0 Å². The van der Waals surface area contributed by atoms with E-state index in [1.54, 1.807) is 48.5 Å². The van der Waals surface area contributed by atoms with Gasteiger partial charge in [-0.2, -0.15) is 0 Å². The van der Waals surface area contributed by atoms with Gasteiger partial charge in [0.25, 0.3) is 0 Å². The van der Waals surface area contributed by atoms with Gasteiger partial charge in [0.2, 0.25) is 5.41 Å². The first-order chi connectivity index (χ1) is 16.8. The van der Waals surface area contributed by atoms with Crippen LogP contribution in [-0.2, 0) is 43.5 Å². The SMILES string of the molecule is COC(=O)C(C(=O)OC)C(C(=O)OC)(C(=O)OC)c1c(-c2ccc(OC)cc2)[nH]c2ccccc12. The number of aromatic amines is 1. The fraction of sp³-hybridized carbons (Fsp3) is 0.280. The molecule has 3 aromatic rings. The molecule has 35 heavy (non-hydrogen) atoms. The van der Waals surface area contributed by atoms with Gasteiger partial charge in [0.1, 0.15) is 5.75 Å². The van der Waals surface area contributed by atoms with Crippen LogP contribution >= 0.6 is 0 Å². The van der Waals surface area contributed by atoms with Crippen LogP contribution in [0.4, 0.5) is 0 Å². The van der Waals surface area contributed by atoms with Gasteiger partial charge in [-0.1, -0.05) is 18.2 Å². The molecule has 1 heterocycles. The van der Waals surface area contributed by atoms with Crippen molar-refractivity contribution in [1.82, 2.24) is 4.98 Å². The molecule has 10 nitrogen and oxygen atoms in total. The first-order valence-corrected chi connectivity index (χ1v) is 10.4. The van der Waals surface area contributed by atoms with Gasteiger partial charge >= 0.3 is 23.9 Å². The molecule has 0 aliphatic rings. The second kappa shape index (κ2) is 10.3. The zero-order valence-electron chi connectivity index (χ0n) is 19.9. The van der Waals surface area contributed by atoms with E-state index in [4.69, 9.17) is 23.7 Å². The topological polar surface area (TPSA) is 130 Å². The number of H-pyrrole nitrogens is 1. The predicted molar refractivity (Wildman–Crippen MR) is 124 cm³/mol. The molecule has 0 fully saturated rings. The zero-order chi connectivity index (χ0) is 25.8. The third kappa shape index (κ3) is 4.07.